The largest absolute Gasteiger partial charge is 0.433 e. The summed E-state index contributed by atoms with van der Waals surface area (Å²) in [6, 6.07) is 5.53. The van der Waals surface area contributed by atoms with E-state index in [0.29, 0.717) is 35.0 Å². The summed E-state index contributed by atoms with van der Waals surface area (Å²) >= 11 is 0. The SMILES string of the molecule is Cc1cc(Nc2nccn3c(C4=CCN=C4C(F)(F)F)cnc23)ccc1C(=O)N1CCNC[C@@H]1C. The van der Waals surface area contributed by atoms with Crippen LogP contribution in [0.1, 0.15) is 28.5 Å². The Labute approximate surface area is 199 Å². The van der Waals surface area contributed by atoms with E-state index in [4.69, 9.17) is 0 Å². The Kier molecular flexibility index (Phi) is 5.79. The van der Waals surface area contributed by atoms with Crippen molar-refractivity contribution in [2.75, 3.05) is 31.5 Å². The molecule has 0 unspecified atom stereocenters. The number of nitrogens with zero attached hydrogens (tertiary/aromatic N) is 5. The van der Waals surface area contributed by atoms with Gasteiger partial charge in [-0.2, -0.15) is 13.2 Å². The third kappa shape index (κ3) is 4.27. The number of hydrogen-bond acceptors (Lipinski definition) is 6. The van der Waals surface area contributed by atoms with Gasteiger partial charge in [0.1, 0.15) is 5.71 Å². The normalized spacial score (nSPS) is 18.5. The smallest absolute Gasteiger partial charge is 0.337 e. The van der Waals surface area contributed by atoms with Gasteiger partial charge in [0.05, 0.1) is 18.4 Å². The number of aromatic nitrogens is 3. The van der Waals surface area contributed by atoms with Crippen LogP contribution in [0.4, 0.5) is 24.7 Å². The molecular weight excluding hydrogens is 459 g/mol. The first-order valence-electron chi connectivity index (χ1n) is 11.3. The van der Waals surface area contributed by atoms with E-state index in [1.807, 2.05) is 24.8 Å². The lowest BCUT2D eigenvalue weighted by atomic mass is 10.0. The number of rotatable bonds is 4. The summed E-state index contributed by atoms with van der Waals surface area (Å²) in [7, 11) is 0. The van der Waals surface area contributed by atoms with Crippen LogP contribution < -0.4 is 10.6 Å². The lowest BCUT2D eigenvalue weighted by Crippen LogP contribution is -2.52. The first-order chi connectivity index (χ1) is 16.7. The molecular formula is C24H24F3N7O. The Morgan fingerprint density at radius 3 is 2.83 bits per heavy atom. The van der Waals surface area contributed by atoms with E-state index >= 15 is 0 Å². The molecule has 3 aromatic rings. The van der Waals surface area contributed by atoms with Crippen molar-refractivity contribution in [3.05, 3.63) is 59.7 Å². The summed E-state index contributed by atoms with van der Waals surface area (Å²) in [4.78, 5) is 27.2. The lowest BCUT2D eigenvalue weighted by Gasteiger charge is -2.34. The van der Waals surface area contributed by atoms with Crippen LogP contribution in [0, 0.1) is 6.92 Å². The number of hydrogen-bond donors (Lipinski definition) is 2. The minimum absolute atomic E-state index is 0.00278. The highest BCUT2D eigenvalue weighted by atomic mass is 19.4. The molecule has 8 nitrogen and oxygen atoms in total. The average Bonchev–Trinajstić information content (AvgIpc) is 3.47. The van der Waals surface area contributed by atoms with E-state index in [2.05, 4.69) is 25.6 Å². The van der Waals surface area contributed by atoms with Gasteiger partial charge in [-0.1, -0.05) is 6.08 Å². The molecule has 0 aliphatic carbocycles. The number of fused-ring (bicyclic) bond motifs is 1. The van der Waals surface area contributed by atoms with Crippen LogP contribution in [0.3, 0.4) is 0 Å². The number of halogens is 3. The molecule has 4 heterocycles. The van der Waals surface area contributed by atoms with Crippen LogP contribution in [0.2, 0.25) is 0 Å². The molecule has 1 amide bonds. The highest BCUT2D eigenvalue weighted by Crippen LogP contribution is 2.32. The molecule has 2 aromatic heterocycles. The second-order valence-electron chi connectivity index (χ2n) is 8.62. The molecule has 1 saturated heterocycles. The Balaban J connectivity index is 1.41. The van der Waals surface area contributed by atoms with Gasteiger partial charge in [-0.05, 0) is 37.6 Å². The van der Waals surface area contributed by atoms with Crippen molar-refractivity contribution in [1.82, 2.24) is 24.6 Å². The molecule has 1 fully saturated rings. The van der Waals surface area contributed by atoms with Crippen molar-refractivity contribution in [2.45, 2.75) is 26.1 Å². The van der Waals surface area contributed by atoms with Gasteiger partial charge in [0, 0.05) is 54.9 Å². The van der Waals surface area contributed by atoms with Gasteiger partial charge in [0.2, 0.25) is 0 Å². The average molecular weight is 483 g/mol. The van der Waals surface area contributed by atoms with Crippen LogP contribution in [-0.2, 0) is 0 Å². The molecule has 182 valence electrons. The van der Waals surface area contributed by atoms with Crippen molar-refractivity contribution in [2.24, 2.45) is 4.99 Å². The Hall–Kier alpha value is -3.73. The van der Waals surface area contributed by atoms with Crippen molar-refractivity contribution in [3.8, 4) is 0 Å². The number of carbonyl (C=O) groups is 1. The third-order valence-corrected chi connectivity index (χ3v) is 6.25. The van der Waals surface area contributed by atoms with Gasteiger partial charge in [0.25, 0.3) is 5.91 Å². The molecule has 0 bridgehead atoms. The number of benzene rings is 1. The summed E-state index contributed by atoms with van der Waals surface area (Å²) in [5.74, 6) is 0.380. The second-order valence-corrected chi connectivity index (χ2v) is 8.62. The predicted octanol–water partition coefficient (Wildman–Crippen LogP) is 3.62. The second kappa shape index (κ2) is 8.81. The first kappa shape index (κ1) is 23.0. The number of nitrogens with one attached hydrogen (secondary N) is 2. The summed E-state index contributed by atoms with van der Waals surface area (Å²) in [5.41, 5.74) is 1.90. The molecule has 0 saturated carbocycles. The number of piperazine rings is 1. The quantitative estimate of drug-likeness (QED) is 0.592. The van der Waals surface area contributed by atoms with Crippen LogP contribution in [-0.4, -0.2) is 69.3 Å². The minimum atomic E-state index is -4.54. The van der Waals surface area contributed by atoms with Crippen LogP contribution in [0.15, 0.2) is 47.9 Å². The molecule has 2 N–H and O–H groups in total. The fourth-order valence-electron chi connectivity index (χ4n) is 4.50. The Morgan fingerprint density at radius 2 is 2.09 bits per heavy atom. The molecule has 1 aromatic carbocycles. The maximum Gasteiger partial charge on any atom is 0.433 e. The standard InChI is InChI=1S/C24H24F3N7O/c1-14-11-16(3-4-17(14)23(35)33-9-7-28-12-15(33)2)32-21-22-31-13-19(34(22)10-8-30-21)18-5-6-29-20(18)24(25,26)27/h3-5,8,10-11,13,15,28H,6-7,9,12H2,1-2H3,(H,30,32)/t15-/m0/s1. The summed E-state index contributed by atoms with van der Waals surface area (Å²) in [6.45, 7) is 6.06. The Morgan fingerprint density at radius 1 is 1.26 bits per heavy atom. The van der Waals surface area contributed by atoms with Gasteiger partial charge >= 0.3 is 6.18 Å². The summed E-state index contributed by atoms with van der Waals surface area (Å²) in [6.07, 6.45) is 1.36. The van der Waals surface area contributed by atoms with Gasteiger partial charge in [-0.25, -0.2) is 9.97 Å². The molecule has 1 atom stereocenters. The zero-order valence-corrected chi connectivity index (χ0v) is 19.2. The van der Waals surface area contributed by atoms with Crippen molar-refractivity contribution < 1.29 is 18.0 Å². The molecule has 0 radical (unpaired) electrons. The summed E-state index contributed by atoms with van der Waals surface area (Å²) < 4.78 is 41.7. The van der Waals surface area contributed by atoms with E-state index in [1.54, 1.807) is 22.7 Å². The molecule has 2 aliphatic heterocycles. The number of aliphatic imine (C=N–C) groups is 1. The number of anilines is 2. The van der Waals surface area contributed by atoms with Crippen LogP contribution >= 0.6 is 0 Å². The van der Waals surface area contributed by atoms with Crippen molar-refractivity contribution >= 4 is 34.3 Å². The number of carbonyl (C=O) groups excluding carboxylic acids is 1. The van der Waals surface area contributed by atoms with Gasteiger partial charge < -0.3 is 15.5 Å². The van der Waals surface area contributed by atoms with Crippen LogP contribution in [0.25, 0.3) is 11.2 Å². The molecule has 5 rings (SSSR count). The predicted molar refractivity (Wildman–Crippen MR) is 127 cm³/mol. The zero-order chi connectivity index (χ0) is 24.7. The topological polar surface area (TPSA) is 86.9 Å². The zero-order valence-electron chi connectivity index (χ0n) is 19.2. The fraction of sp³-hybridized carbons (Fsp3) is 0.333. The number of amides is 1. The Bertz CT molecular complexity index is 1360. The van der Waals surface area contributed by atoms with Gasteiger partial charge in [0.15, 0.2) is 11.5 Å². The van der Waals surface area contributed by atoms with E-state index in [9.17, 15) is 18.0 Å². The van der Waals surface area contributed by atoms with Crippen LogP contribution in [0.5, 0.6) is 0 Å². The monoisotopic (exact) mass is 483 g/mol. The van der Waals surface area contributed by atoms with Crippen molar-refractivity contribution in [1.29, 1.82) is 0 Å². The molecule has 2 aliphatic rings. The van der Waals surface area contributed by atoms with E-state index < -0.39 is 11.9 Å². The maximum absolute atomic E-state index is 13.4. The molecule has 0 spiro atoms. The molecule has 11 heteroatoms. The van der Waals surface area contributed by atoms with Crippen molar-refractivity contribution in [3.63, 3.8) is 0 Å². The first-order valence-corrected chi connectivity index (χ1v) is 11.3. The van der Waals surface area contributed by atoms with E-state index in [-0.39, 0.29) is 24.1 Å². The lowest BCUT2D eigenvalue weighted by molar-refractivity contribution is -0.0571. The number of aryl methyl sites for hydroxylation is 1. The fourth-order valence-corrected chi connectivity index (χ4v) is 4.50. The van der Waals surface area contributed by atoms with E-state index in [0.717, 1.165) is 18.7 Å². The molecule has 35 heavy (non-hydrogen) atoms. The highest BCUT2D eigenvalue weighted by molar-refractivity contribution is 6.27. The number of imidazole rings is 1. The number of allylic oxidation sites excluding steroid dienone is 1. The van der Waals surface area contributed by atoms with E-state index in [1.165, 1.54) is 18.5 Å². The minimum Gasteiger partial charge on any atom is -0.337 e. The van der Waals surface area contributed by atoms with Gasteiger partial charge in [-0.15, -0.1) is 0 Å². The highest BCUT2D eigenvalue weighted by Gasteiger charge is 2.40. The number of alkyl halides is 3. The third-order valence-electron chi connectivity index (χ3n) is 6.25. The maximum atomic E-state index is 13.4. The van der Waals surface area contributed by atoms with Gasteiger partial charge in [-0.3, -0.25) is 14.2 Å². The summed E-state index contributed by atoms with van der Waals surface area (Å²) in [5, 5.41) is 6.47.